The highest BCUT2D eigenvalue weighted by molar-refractivity contribution is 8.00. The lowest BCUT2D eigenvalue weighted by Gasteiger charge is -2.01. The van der Waals surface area contributed by atoms with Crippen LogP contribution in [0.2, 0.25) is 0 Å². The molecule has 0 N–H and O–H groups in total. The lowest BCUT2D eigenvalue weighted by molar-refractivity contribution is 0.200. The molecule has 0 bridgehead atoms. The van der Waals surface area contributed by atoms with Gasteiger partial charge in [-0.15, -0.1) is 10.2 Å². The maximum atomic E-state index is 5.03. The van der Waals surface area contributed by atoms with Gasteiger partial charge in [-0.25, -0.2) is 4.98 Å². The van der Waals surface area contributed by atoms with Crippen LogP contribution in [0, 0.1) is 0 Å². The molecule has 0 aliphatic rings. The summed E-state index contributed by atoms with van der Waals surface area (Å²) in [6.45, 7) is 0.622. The van der Waals surface area contributed by atoms with Crippen molar-refractivity contribution in [1.29, 1.82) is 0 Å². The third kappa shape index (κ3) is 3.32. The summed E-state index contributed by atoms with van der Waals surface area (Å²) >= 11 is 2.83. The number of hydrogen-bond donors (Lipinski definition) is 0. The Morgan fingerprint density at radius 3 is 2.86 bits per heavy atom. The topological polar surface area (TPSA) is 78.6 Å². The molecule has 0 radical (unpaired) electrons. The SMILES string of the molecule is COCCc1nsc(Sc2nnc(-c3ccncc3)n2C)n1. The smallest absolute Gasteiger partial charge is 0.198 e. The van der Waals surface area contributed by atoms with Crippen molar-refractivity contribution >= 4 is 23.3 Å². The van der Waals surface area contributed by atoms with Crippen LogP contribution in [0.15, 0.2) is 34.0 Å². The molecule has 3 aromatic heterocycles. The maximum absolute atomic E-state index is 5.03. The van der Waals surface area contributed by atoms with Crippen LogP contribution in [0.25, 0.3) is 11.4 Å². The van der Waals surface area contributed by atoms with Crippen molar-refractivity contribution in [2.24, 2.45) is 7.05 Å². The average molecular weight is 334 g/mol. The zero-order chi connectivity index (χ0) is 15.4. The fourth-order valence-electron chi connectivity index (χ4n) is 1.81. The fraction of sp³-hybridized carbons (Fsp3) is 0.308. The van der Waals surface area contributed by atoms with E-state index in [-0.39, 0.29) is 0 Å². The summed E-state index contributed by atoms with van der Waals surface area (Å²) in [5.74, 6) is 1.60. The van der Waals surface area contributed by atoms with E-state index in [0.29, 0.717) is 13.0 Å². The molecule has 0 aliphatic heterocycles. The summed E-state index contributed by atoms with van der Waals surface area (Å²) in [4.78, 5) is 8.48. The second kappa shape index (κ2) is 6.95. The largest absolute Gasteiger partial charge is 0.384 e. The number of pyridine rings is 1. The first kappa shape index (κ1) is 15.1. The Morgan fingerprint density at radius 2 is 2.09 bits per heavy atom. The fourth-order valence-corrected chi connectivity index (χ4v) is 3.37. The minimum Gasteiger partial charge on any atom is -0.384 e. The number of rotatable bonds is 6. The molecule has 0 saturated carbocycles. The molecule has 0 unspecified atom stereocenters. The van der Waals surface area contributed by atoms with E-state index in [4.69, 9.17) is 4.74 Å². The lowest BCUT2D eigenvalue weighted by atomic mass is 10.2. The standard InChI is InChI=1S/C13H14N6OS2/c1-19-11(9-3-6-14-7-4-9)16-17-12(19)21-13-15-10(18-22-13)5-8-20-2/h3-4,6-7H,5,8H2,1-2H3. The van der Waals surface area contributed by atoms with E-state index in [0.717, 1.165) is 26.7 Å². The predicted molar refractivity (Wildman–Crippen MR) is 83.8 cm³/mol. The molecule has 0 atom stereocenters. The Morgan fingerprint density at radius 1 is 1.27 bits per heavy atom. The van der Waals surface area contributed by atoms with Gasteiger partial charge in [0, 0.05) is 38.5 Å². The number of hydrogen-bond acceptors (Lipinski definition) is 8. The van der Waals surface area contributed by atoms with Crippen molar-refractivity contribution in [2.75, 3.05) is 13.7 Å². The first-order valence-electron chi connectivity index (χ1n) is 6.57. The zero-order valence-corrected chi connectivity index (χ0v) is 13.8. The van der Waals surface area contributed by atoms with Crippen LogP contribution < -0.4 is 0 Å². The van der Waals surface area contributed by atoms with Gasteiger partial charge in [-0.2, -0.15) is 4.37 Å². The second-order valence-electron chi connectivity index (χ2n) is 4.42. The average Bonchev–Trinajstić information content (AvgIpc) is 3.14. The molecule has 3 aromatic rings. The molecule has 3 heterocycles. The molecule has 0 aromatic carbocycles. The van der Waals surface area contributed by atoms with Gasteiger partial charge in [0.2, 0.25) is 0 Å². The van der Waals surface area contributed by atoms with E-state index in [1.807, 2.05) is 23.7 Å². The van der Waals surface area contributed by atoms with Crippen molar-refractivity contribution in [3.8, 4) is 11.4 Å². The van der Waals surface area contributed by atoms with Crippen molar-refractivity contribution in [3.63, 3.8) is 0 Å². The van der Waals surface area contributed by atoms with E-state index < -0.39 is 0 Å². The van der Waals surface area contributed by atoms with Crippen LogP contribution in [0.5, 0.6) is 0 Å². The van der Waals surface area contributed by atoms with Gasteiger partial charge in [0.05, 0.1) is 6.61 Å². The molecule has 0 saturated heterocycles. The summed E-state index contributed by atoms with van der Waals surface area (Å²) in [7, 11) is 3.60. The normalized spacial score (nSPS) is 11.0. The van der Waals surface area contributed by atoms with E-state index in [2.05, 4.69) is 24.5 Å². The van der Waals surface area contributed by atoms with Gasteiger partial charge in [0.15, 0.2) is 15.3 Å². The van der Waals surface area contributed by atoms with Gasteiger partial charge in [0.25, 0.3) is 0 Å². The zero-order valence-electron chi connectivity index (χ0n) is 12.1. The highest BCUT2D eigenvalue weighted by Gasteiger charge is 2.14. The molecule has 0 aliphatic carbocycles. The molecular weight excluding hydrogens is 320 g/mol. The summed E-state index contributed by atoms with van der Waals surface area (Å²) < 4.78 is 12.1. The molecule has 22 heavy (non-hydrogen) atoms. The van der Waals surface area contributed by atoms with Crippen LogP contribution in [-0.4, -0.2) is 42.8 Å². The quantitative estimate of drug-likeness (QED) is 0.683. The van der Waals surface area contributed by atoms with Crippen LogP contribution in [0.1, 0.15) is 5.82 Å². The first-order valence-corrected chi connectivity index (χ1v) is 8.16. The van der Waals surface area contributed by atoms with Gasteiger partial charge in [-0.3, -0.25) is 4.98 Å². The summed E-state index contributed by atoms with van der Waals surface area (Å²) in [6.07, 6.45) is 4.20. The van der Waals surface area contributed by atoms with Gasteiger partial charge in [-0.05, 0) is 35.4 Å². The van der Waals surface area contributed by atoms with Crippen LogP contribution in [-0.2, 0) is 18.2 Å². The van der Waals surface area contributed by atoms with E-state index in [1.54, 1.807) is 19.5 Å². The van der Waals surface area contributed by atoms with Gasteiger partial charge >= 0.3 is 0 Å². The lowest BCUT2D eigenvalue weighted by Crippen LogP contribution is -1.96. The Bertz CT molecular complexity index is 742. The molecule has 7 nitrogen and oxygen atoms in total. The van der Waals surface area contributed by atoms with Crippen molar-refractivity contribution in [2.45, 2.75) is 15.9 Å². The van der Waals surface area contributed by atoms with Crippen LogP contribution >= 0.6 is 23.3 Å². The highest BCUT2D eigenvalue weighted by Crippen LogP contribution is 2.29. The predicted octanol–water partition coefficient (Wildman–Crippen LogP) is 2.07. The molecule has 114 valence electrons. The minimum absolute atomic E-state index is 0.622. The third-order valence-electron chi connectivity index (χ3n) is 2.93. The van der Waals surface area contributed by atoms with E-state index in [9.17, 15) is 0 Å². The number of nitrogens with zero attached hydrogens (tertiary/aromatic N) is 6. The Hall–Kier alpha value is -1.84. The number of methoxy groups -OCH3 is 1. The van der Waals surface area contributed by atoms with Gasteiger partial charge in [-0.1, -0.05) is 0 Å². The summed E-state index contributed by atoms with van der Waals surface area (Å²) in [5, 5.41) is 9.25. The minimum atomic E-state index is 0.622. The molecular formula is C13H14N6OS2. The second-order valence-corrected chi connectivity index (χ2v) is 6.39. The molecule has 0 spiro atoms. The van der Waals surface area contributed by atoms with Crippen LogP contribution in [0.4, 0.5) is 0 Å². The highest BCUT2D eigenvalue weighted by atomic mass is 32.2. The van der Waals surface area contributed by atoms with Crippen molar-refractivity contribution < 1.29 is 4.74 Å². The first-order chi connectivity index (χ1) is 10.8. The Kier molecular flexibility index (Phi) is 4.76. The van der Waals surface area contributed by atoms with Crippen molar-refractivity contribution in [1.82, 2.24) is 29.1 Å². The van der Waals surface area contributed by atoms with Gasteiger partial charge < -0.3 is 9.30 Å². The molecule has 0 amide bonds. The molecule has 9 heteroatoms. The number of ether oxygens (including phenoxy) is 1. The maximum Gasteiger partial charge on any atom is 0.198 e. The molecule has 0 fully saturated rings. The van der Waals surface area contributed by atoms with Crippen LogP contribution in [0.3, 0.4) is 0 Å². The Balaban J connectivity index is 1.76. The van der Waals surface area contributed by atoms with E-state index in [1.165, 1.54) is 23.3 Å². The third-order valence-corrected chi connectivity index (χ3v) is 4.76. The van der Waals surface area contributed by atoms with Gasteiger partial charge in [0.1, 0.15) is 5.82 Å². The Labute approximate surface area is 136 Å². The monoisotopic (exact) mass is 334 g/mol. The van der Waals surface area contributed by atoms with E-state index >= 15 is 0 Å². The number of aromatic nitrogens is 6. The summed E-state index contributed by atoms with van der Waals surface area (Å²) in [5.41, 5.74) is 0.981. The molecule has 3 rings (SSSR count). The summed E-state index contributed by atoms with van der Waals surface area (Å²) in [6, 6.07) is 3.82. The van der Waals surface area contributed by atoms with Crippen molar-refractivity contribution in [3.05, 3.63) is 30.4 Å².